The largest absolute Gasteiger partial charge is 0.348 e. The summed E-state index contributed by atoms with van der Waals surface area (Å²) in [7, 11) is -3.90. The van der Waals surface area contributed by atoms with Crippen LogP contribution in [0.25, 0.3) is 0 Å². The van der Waals surface area contributed by atoms with Crippen molar-refractivity contribution in [3.05, 3.63) is 95.1 Å². The van der Waals surface area contributed by atoms with Crippen molar-refractivity contribution in [2.24, 2.45) is 0 Å². The number of sulfonamides is 1. The molecule has 0 unspecified atom stereocenters. The van der Waals surface area contributed by atoms with E-state index in [-0.39, 0.29) is 22.7 Å². The molecular formula is C21H18F2N2O3S. The number of carbonyl (C=O) groups is 1. The summed E-state index contributed by atoms with van der Waals surface area (Å²) in [6.07, 6.45) is 0. The fraction of sp³-hybridized carbons (Fsp3) is 0.0952. The Kier molecular flexibility index (Phi) is 5.93. The summed E-state index contributed by atoms with van der Waals surface area (Å²) in [6, 6.07) is 15.4. The number of amides is 1. The van der Waals surface area contributed by atoms with Gasteiger partial charge in [-0.25, -0.2) is 17.2 Å². The van der Waals surface area contributed by atoms with Gasteiger partial charge in [0, 0.05) is 23.4 Å². The summed E-state index contributed by atoms with van der Waals surface area (Å²) in [4.78, 5) is 12.1. The van der Waals surface area contributed by atoms with Crippen LogP contribution in [0.5, 0.6) is 0 Å². The fourth-order valence-electron chi connectivity index (χ4n) is 2.61. The van der Waals surface area contributed by atoms with E-state index in [9.17, 15) is 22.0 Å². The monoisotopic (exact) mass is 416 g/mol. The van der Waals surface area contributed by atoms with Gasteiger partial charge in [-0.05, 0) is 61.0 Å². The molecule has 0 aliphatic heterocycles. The van der Waals surface area contributed by atoms with Crippen LogP contribution in [0.2, 0.25) is 0 Å². The smallest absolute Gasteiger partial charge is 0.261 e. The number of rotatable bonds is 6. The molecule has 0 aromatic heterocycles. The van der Waals surface area contributed by atoms with Crippen molar-refractivity contribution in [1.29, 1.82) is 0 Å². The van der Waals surface area contributed by atoms with Gasteiger partial charge in [0.15, 0.2) is 0 Å². The standard InChI is InChI=1S/C21H18F2N2O3S/c1-14-12-18(10-11-19(14)22)29(27,28)25-17-8-6-15(7-9-17)21(26)24-13-16-4-2-3-5-20(16)23/h2-12,25H,13H2,1H3,(H,24,26). The minimum Gasteiger partial charge on any atom is -0.348 e. The lowest BCUT2D eigenvalue weighted by molar-refractivity contribution is 0.0950. The highest BCUT2D eigenvalue weighted by molar-refractivity contribution is 7.92. The number of nitrogens with one attached hydrogen (secondary N) is 2. The minimum absolute atomic E-state index is 0.0316. The zero-order valence-corrected chi connectivity index (χ0v) is 16.3. The Hall–Kier alpha value is -3.26. The summed E-state index contributed by atoms with van der Waals surface area (Å²) >= 11 is 0. The van der Waals surface area contributed by atoms with Crippen LogP contribution < -0.4 is 10.0 Å². The van der Waals surface area contributed by atoms with Crippen molar-refractivity contribution < 1.29 is 22.0 Å². The molecule has 29 heavy (non-hydrogen) atoms. The second-order valence-electron chi connectivity index (χ2n) is 6.37. The lowest BCUT2D eigenvalue weighted by Gasteiger charge is -2.10. The molecule has 0 aliphatic rings. The van der Waals surface area contributed by atoms with E-state index in [1.54, 1.807) is 18.2 Å². The summed E-state index contributed by atoms with van der Waals surface area (Å²) < 4.78 is 54.2. The molecule has 1 amide bonds. The lowest BCUT2D eigenvalue weighted by atomic mass is 10.1. The third kappa shape index (κ3) is 4.97. The predicted octanol–water partition coefficient (Wildman–Crippen LogP) is 4.00. The zero-order chi connectivity index (χ0) is 21.0. The first kappa shape index (κ1) is 20.5. The molecule has 2 N–H and O–H groups in total. The first-order valence-electron chi connectivity index (χ1n) is 8.67. The van der Waals surface area contributed by atoms with Gasteiger partial charge < -0.3 is 5.32 Å². The van der Waals surface area contributed by atoms with E-state index in [0.29, 0.717) is 11.1 Å². The van der Waals surface area contributed by atoms with Crippen LogP contribution in [0, 0.1) is 18.6 Å². The van der Waals surface area contributed by atoms with Gasteiger partial charge in [-0.2, -0.15) is 0 Å². The highest BCUT2D eigenvalue weighted by atomic mass is 32.2. The quantitative estimate of drug-likeness (QED) is 0.638. The van der Waals surface area contributed by atoms with Crippen molar-refractivity contribution in [1.82, 2.24) is 5.32 Å². The lowest BCUT2D eigenvalue weighted by Crippen LogP contribution is -2.23. The Labute approximate surface area is 167 Å². The van der Waals surface area contributed by atoms with Crippen molar-refractivity contribution in [2.75, 3.05) is 4.72 Å². The van der Waals surface area contributed by atoms with Crippen molar-refractivity contribution in [3.63, 3.8) is 0 Å². The van der Waals surface area contributed by atoms with Gasteiger partial charge in [-0.3, -0.25) is 9.52 Å². The van der Waals surface area contributed by atoms with Crippen LogP contribution in [0.3, 0.4) is 0 Å². The van der Waals surface area contributed by atoms with Gasteiger partial charge in [0.25, 0.3) is 15.9 Å². The van der Waals surface area contributed by atoms with E-state index in [1.165, 1.54) is 49.4 Å². The maximum Gasteiger partial charge on any atom is 0.261 e. The van der Waals surface area contributed by atoms with Crippen molar-refractivity contribution in [3.8, 4) is 0 Å². The maximum absolute atomic E-state index is 13.6. The number of halogens is 2. The van der Waals surface area contributed by atoms with Crippen molar-refractivity contribution >= 4 is 21.6 Å². The molecule has 8 heteroatoms. The molecule has 0 heterocycles. The number of benzene rings is 3. The molecule has 3 rings (SSSR count). The van der Waals surface area contributed by atoms with Crippen LogP contribution in [0.1, 0.15) is 21.5 Å². The SMILES string of the molecule is Cc1cc(S(=O)(=O)Nc2ccc(C(=O)NCc3ccccc3F)cc2)ccc1F. The van der Waals surface area contributed by atoms with E-state index in [4.69, 9.17) is 0 Å². The molecule has 0 fully saturated rings. The molecule has 0 saturated carbocycles. The average molecular weight is 416 g/mol. The van der Waals surface area contributed by atoms with Gasteiger partial charge in [0.2, 0.25) is 0 Å². The number of anilines is 1. The van der Waals surface area contributed by atoms with Crippen LogP contribution in [0.4, 0.5) is 14.5 Å². The second-order valence-corrected chi connectivity index (χ2v) is 8.05. The number of aryl methyl sites for hydroxylation is 1. The number of carbonyl (C=O) groups excluding carboxylic acids is 1. The summed E-state index contributed by atoms with van der Waals surface area (Å²) in [5.74, 6) is -1.32. The first-order chi connectivity index (χ1) is 13.8. The molecule has 0 aliphatic carbocycles. The molecule has 0 bridgehead atoms. The zero-order valence-electron chi connectivity index (χ0n) is 15.4. The van der Waals surface area contributed by atoms with Crippen molar-refractivity contribution in [2.45, 2.75) is 18.4 Å². The van der Waals surface area contributed by atoms with E-state index >= 15 is 0 Å². The van der Waals surface area contributed by atoms with Gasteiger partial charge in [-0.1, -0.05) is 18.2 Å². The molecule has 0 radical (unpaired) electrons. The normalized spacial score (nSPS) is 11.1. The number of hydrogen-bond acceptors (Lipinski definition) is 3. The first-order valence-corrected chi connectivity index (χ1v) is 10.2. The fourth-order valence-corrected chi connectivity index (χ4v) is 3.75. The third-order valence-electron chi connectivity index (χ3n) is 4.24. The van der Waals surface area contributed by atoms with E-state index in [1.807, 2.05) is 0 Å². The molecule has 150 valence electrons. The molecule has 0 spiro atoms. The Morgan fingerprint density at radius 2 is 1.62 bits per heavy atom. The van der Waals surface area contributed by atoms with E-state index in [2.05, 4.69) is 10.0 Å². The van der Waals surface area contributed by atoms with Crippen LogP contribution in [-0.4, -0.2) is 14.3 Å². The van der Waals surface area contributed by atoms with Crippen LogP contribution in [-0.2, 0) is 16.6 Å². The Morgan fingerprint density at radius 3 is 2.28 bits per heavy atom. The summed E-state index contributed by atoms with van der Waals surface area (Å²) in [5, 5.41) is 2.61. The highest BCUT2D eigenvalue weighted by Crippen LogP contribution is 2.19. The average Bonchev–Trinajstić information content (AvgIpc) is 2.69. The molecule has 0 atom stereocenters. The molecule has 3 aromatic rings. The maximum atomic E-state index is 13.6. The van der Waals surface area contributed by atoms with Gasteiger partial charge >= 0.3 is 0 Å². The van der Waals surface area contributed by atoms with Gasteiger partial charge in [-0.15, -0.1) is 0 Å². The molecule has 5 nitrogen and oxygen atoms in total. The summed E-state index contributed by atoms with van der Waals surface area (Å²) in [5.41, 5.74) is 1.12. The number of hydrogen-bond donors (Lipinski definition) is 2. The second kappa shape index (κ2) is 8.40. The predicted molar refractivity (Wildman–Crippen MR) is 106 cm³/mol. The topological polar surface area (TPSA) is 75.3 Å². The third-order valence-corrected chi connectivity index (χ3v) is 5.62. The molecule has 3 aromatic carbocycles. The molecule has 0 saturated heterocycles. The Balaban J connectivity index is 1.67. The van der Waals surface area contributed by atoms with Crippen LogP contribution >= 0.6 is 0 Å². The van der Waals surface area contributed by atoms with E-state index in [0.717, 1.165) is 6.07 Å². The minimum atomic E-state index is -3.90. The van der Waals surface area contributed by atoms with Gasteiger partial charge in [0.05, 0.1) is 4.90 Å². The van der Waals surface area contributed by atoms with Crippen LogP contribution in [0.15, 0.2) is 71.6 Å². The van der Waals surface area contributed by atoms with Gasteiger partial charge in [0.1, 0.15) is 11.6 Å². The highest BCUT2D eigenvalue weighted by Gasteiger charge is 2.16. The summed E-state index contributed by atoms with van der Waals surface area (Å²) in [6.45, 7) is 1.51. The van der Waals surface area contributed by atoms with E-state index < -0.39 is 27.6 Å². The molecular weight excluding hydrogens is 398 g/mol. The Bertz CT molecular complexity index is 1150. The Morgan fingerprint density at radius 1 is 0.931 bits per heavy atom.